The average Bonchev–Trinajstić information content (AvgIpc) is 2.32. The highest BCUT2D eigenvalue weighted by atomic mass is 35.5. The van der Waals surface area contributed by atoms with Crippen molar-refractivity contribution < 1.29 is 0 Å². The van der Waals surface area contributed by atoms with Gasteiger partial charge in [0.15, 0.2) is 0 Å². The first-order valence-corrected chi connectivity index (χ1v) is 7.43. The second-order valence-corrected chi connectivity index (χ2v) is 6.38. The molecule has 2 unspecified atom stereocenters. The molecule has 1 aromatic carbocycles. The summed E-state index contributed by atoms with van der Waals surface area (Å²) < 4.78 is 0. The van der Waals surface area contributed by atoms with Crippen LogP contribution in [-0.2, 0) is 6.54 Å². The van der Waals surface area contributed by atoms with Crippen LogP contribution in [0.4, 0.5) is 5.69 Å². The molecule has 0 saturated carbocycles. The Balaban J connectivity index is 2.24. The molecular formula is C13H19ClN2S. The molecule has 1 saturated heterocycles. The summed E-state index contributed by atoms with van der Waals surface area (Å²) in [6.45, 7) is 6.16. The molecule has 4 heteroatoms. The lowest BCUT2D eigenvalue weighted by Gasteiger charge is -2.39. The quantitative estimate of drug-likeness (QED) is 0.895. The number of hydrogen-bond donors (Lipinski definition) is 1. The van der Waals surface area contributed by atoms with E-state index in [1.807, 2.05) is 23.9 Å². The molecule has 1 aliphatic heterocycles. The lowest BCUT2D eigenvalue weighted by molar-refractivity contribution is 0.627. The van der Waals surface area contributed by atoms with Gasteiger partial charge < -0.3 is 10.6 Å². The van der Waals surface area contributed by atoms with E-state index in [2.05, 4.69) is 24.8 Å². The van der Waals surface area contributed by atoms with Gasteiger partial charge in [0, 0.05) is 40.8 Å². The monoisotopic (exact) mass is 270 g/mol. The van der Waals surface area contributed by atoms with Crippen molar-refractivity contribution in [1.29, 1.82) is 0 Å². The van der Waals surface area contributed by atoms with Crippen molar-refractivity contribution in [3.8, 4) is 0 Å². The van der Waals surface area contributed by atoms with E-state index < -0.39 is 0 Å². The zero-order valence-corrected chi connectivity index (χ0v) is 11.9. The maximum Gasteiger partial charge on any atom is 0.0471 e. The second-order valence-electron chi connectivity index (χ2n) is 4.49. The maximum absolute atomic E-state index is 6.22. The Bertz CT molecular complexity index is 397. The van der Waals surface area contributed by atoms with E-state index in [1.54, 1.807) is 0 Å². The third kappa shape index (κ3) is 2.72. The highest BCUT2D eigenvalue weighted by Gasteiger charge is 2.25. The third-order valence-electron chi connectivity index (χ3n) is 3.47. The van der Waals surface area contributed by atoms with Crippen LogP contribution in [-0.4, -0.2) is 23.6 Å². The SMILES string of the molecule is CC1SCCN(c2ccc(CN)c(Cl)c2)C1C. The van der Waals surface area contributed by atoms with Crippen molar-refractivity contribution in [2.75, 3.05) is 17.2 Å². The van der Waals surface area contributed by atoms with Crippen molar-refractivity contribution >= 4 is 29.1 Å². The number of benzene rings is 1. The zero-order valence-electron chi connectivity index (χ0n) is 10.3. The molecule has 1 aliphatic rings. The molecule has 0 radical (unpaired) electrons. The summed E-state index contributed by atoms with van der Waals surface area (Å²) >= 11 is 8.26. The highest BCUT2D eigenvalue weighted by Crippen LogP contribution is 2.31. The summed E-state index contributed by atoms with van der Waals surface area (Å²) in [6.07, 6.45) is 0. The lowest BCUT2D eigenvalue weighted by Crippen LogP contribution is -2.44. The Hall–Kier alpha value is -0.380. The minimum Gasteiger partial charge on any atom is -0.367 e. The average molecular weight is 271 g/mol. The van der Waals surface area contributed by atoms with Gasteiger partial charge in [0.2, 0.25) is 0 Å². The first-order chi connectivity index (χ1) is 8.13. The van der Waals surface area contributed by atoms with Crippen molar-refractivity contribution in [2.45, 2.75) is 31.7 Å². The zero-order chi connectivity index (χ0) is 12.4. The predicted octanol–water partition coefficient (Wildman–Crippen LogP) is 3.13. The summed E-state index contributed by atoms with van der Waals surface area (Å²) in [4.78, 5) is 2.44. The molecule has 94 valence electrons. The summed E-state index contributed by atoms with van der Waals surface area (Å²) in [7, 11) is 0. The molecular weight excluding hydrogens is 252 g/mol. The summed E-state index contributed by atoms with van der Waals surface area (Å²) in [6, 6.07) is 6.76. The van der Waals surface area contributed by atoms with Gasteiger partial charge in [-0.25, -0.2) is 0 Å². The lowest BCUT2D eigenvalue weighted by atomic mass is 10.1. The minimum absolute atomic E-state index is 0.501. The van der Waals surface area contributed by atoms with Crippen LogP contribution in [0.5, 0.6) is 0 Å². The number of hydrogen-bond acceptors (Lipinski definition) is 3. The van der Waals surface area contributed by atoms with E-state index in [0.717, 1.165) is 17.1 Å². The van der Waals surface area contributed by atoms with E-state index in [4.69, 9.17) is 17.3 Å². The van der Waals surface area contributed by atoms with Gasteiger partial charge in [-0.05, 0) is 24.6 Å². The molecule has 0 aliphatic carbocycles. The van der Waals surface area contributed by atoms with Crippen LogP contribution in [0.25, 0.3) is 0 Å². The van der Waals surface area contributed by atoms with Gasteiger partial charge >= 0.3 is 0 Å². The molecule has 0 amide bonds. The van der Waals surface area contributed by atoms with Gasteiger partial charge in [0.25, 0.3) is 0 Å². The number of thioether (sulfide) groups is 1. The molecule has 0 bridgehead atoms. The Kier molecular flexibility index (Phi) is 4.23. The second kappa shape index (κ2) is 5.51. The van der Waals surface area contributed by atoms with Gasteiger partial charge in [-0.2, -0.15) is 11.8 Å². The van der Waals surface area contributed by atoms with Crippen LogP contribution >= 0.6 is 23.4 Å². The molecule has 2 atom stereocenters. The molecule has 0 spiro atoms. The fourth-order valence-corrected chi connectivity index (χ4v) is 3.53. The van der Waals surface area contributed by atoms with Crippen molar-refractivity contribution in [1.82, 2.24) is 0 Å². The summed E-state index contributed by atoms with van der Waals surface area (Å²) in [5.41, 5.74) is 7.86. The van der Waals surface area contributed by atoms with Gasteiger partial charge in [0.1, 0.15) is 0 Å². The van der Waals surface area contributed by atoms with E-state index in [-0.39, 0.29) is 0 Å². The summed E-state index contributed by atoms with van der Waals surface area (Å²) in [5.74, 6) is 1.18. The van der Waals surface area contributed by atoms with E-state index in [0.29, 0.717) is 17.8 Å². The number of nitrogens with two attached hydrogens (primary N) is 1. The molecule has 0 aromatic heterocycles. The molecule has 2 rings (SSSR count). The number of anilines is 1. The Labute approximate surface area is 113 Å². The number of halogens is 1. The first kappa shape index (κ1) is 13.1. The van der Waals surface area contributed by atoms with Crippen molar-refractivity contribution in [3.63, 3.8) is 0 Å². The van der Waals surface area contributed by atoms with Crippen LogP contribution in [0.1, 0.15) is 19.4 Å². The van der Waals surface area contributed by atoms with Gasteiger partial charge in [-0.15, -0.1) is 0 Å². The molecule has 1 heterocycles. The Morgan fingerprint density at radius 3 is 2.88 bits per heavy atom. The highest BCUT2D eigenvalue weighted by molar-refractivity contribution is 8.00. The molecule has 1 fully saturated rings. The maximum atomic E-state index is 6.22. The Morgan fingerprint density at radius 2 is 2.24 bits per heavy atom. The third-order valence-corrected chi connectivity index (χ3v) is 5.16. The minimum atomic E-state index is 0.501. The largest absolute Gasteiger partial charge is 0.367 e. The Morgan fingerprint density at radius 1 is 1.47 bits per heavy atom. The van der Waals surface area contributed by atoms with Crippen molar-refractivity contribution in [3.05, 3.63) is 28.8 Å². The molecule has 17 heavy (non-hydrogen) atoms. The van der Waals surface area contributed by atoms with E-state index in [1.165, 1.54) is 11.4 Å². The predicted molar refractivity (Wildman–Crippen MR) is 78.1 cm³/mol. The van der Waals surface area contributed by atoms with Crippen molar-refractivity contribution in [2.24, 2.45) is 5.73 Å². The number of nitrogens with zero attached hydrogens (tertiary/aromatic N) is 1. The fourth-order valence-electron chi connectivity index (χ4n) is 2.18. The normalized spacial score (nSPS) is 25.1. The van der Waals surface area contributed by atoms with Crippen LogP contribution in [0.2, 0.25) is 5.02 Å². The van der Waals surface area contributed by atoms with Crippen LogP contribution in [0.15, 0.2) is 18.2 Å². The molecule has 2 nitrogen and oxygen atoms in total. The first-order valence-electron chi connectivity index (χ1n) is 6.00. The van der Waals surface area contributed by atoms with Crippen LogP contribution in [0, 0.1) is 0 Å². The molecule has 1 aromatic rings. The fraction of sp³-hybridized carbons (Fsp3) is 0.538. The number of rotatable bonds is 2. The van der Waals surface area contributed by atoms with Gasteiger partial charge in [0.05, 0.1) is 0 Å². The standard InChI is InChI=1S/C13H19ClN2S/c1-9-10(2)17-6-5-16(9)12-4-3-11(8-15)13(14)7-12/h3-4,7,9-10H,5-6,8,15H2,1-2H3. The van der Waals surface area contributed by atoms with E-state index in [9.17, 15) is 0 Å². The van der Waals surface area contributed by atoms with Crippen LogP contribution < -0.4 is 10.6 Å². The molecule has 2 N–H and O–H groups in total. The van der Waals surface area contributed by atoms with Gasteiger partial charge in [-0.3, -0.25) is 0 Å². The van der Waals surface area contributed by atoms with Gasteiger partial charge in [-0.1, -0.05) is 24.6 Å². The summed E-state index contributed by atoms with van der Waals surface area (Å²) in [5, 5.41) is 1.44. The topological polar surface area (TPSA) is 29.3 Å². The van der Waals surface area contributed by atoms with E-state index >= 15 is 0 Å². The van der Waals surface area contributed by atoms with Crippen LogP contribution in [0.3, 0.4) is 0 Å². The smallest absolute Gasteiger partial charge is 0.0471 e.